The summed E-state index contributed by atoms with van der Waals surface area (Å²) >= 11 is 0. The number of amides is 1. The Morgan fingerprint density at radius 2 is 2.13 bits per heavy atom. The number of furan rings is 1. The van der Waals surface area contributed by atoms with Crippen molar-refractivity contribution >= 4 is 16.7 Å². The third kappa shape index (κ3) is 8.12. The SMILES string of the molecule is O=C(C[S@](=O)Cc1ccco1)NC/C=C/COc1cc(CN2CCCCC2)ccn1. The van der Waals surface area contributed by atoms with Gasteiger partial charge in [0.15, 0.2) is 0 Å². The van der Waals surface area contributed by atoms with E-state index in [4.69, 9.17) is 9.15 Å². The fourth-order valence-electron chi connectivity index (χ4n) is 3.26. The number of ether oxygens (including phenoxy) is 1. The maximum atomic E-state index is 11.9. The summed E-state index contributed by atoms with van der Waals surface area (Å²) in [5, 5.41) is 2.72. The second-order valence-electron chi connectivity index (χ2n) is 7.23. The van der Waals surface area contributed by atoms with Crippen molar-refractivity contribution in [2.24, 2.45) is 0 Å². The largest absolute Gasteiger partial charge is 0.473 e. The van der Waals surface area contributed by atoms with Gasteiger partial charge >= 0.3 is 0 Å². The van der Waals surface area contributed by atoms with Gasteiger partial charge < -0.3 is 14.5 Å². The summed E-state index contributed by atoms with van der Waals surface area (Å²) in [7, 11) is -1.28. The predicted molar refractivity (Wildman–Crippen MR) is 116 cm³/mol. The van der Waals surface area contributed by atoms with Gasteiger partial charge in [0, 0.05) is 36.2 Å². The van der Waals surface area contributed by atoms with Gasteiger partial charge in [-0.3, -0.25) is 13.9 Å². The number of rotatable bonds is 11. The number of hydrogen-bond acceptors (Lipinski definition) is 6. The Morgan fingerprint density at radius 1 is 1.27 bits per heavy atom. The molecule has 0 bridgehead atoms. The molecule has 0 saturated carbocycles. The molecule has 0 spiro atoms. The lowest BCUT2D eigenvalue weighted by molar-refractivity contribution is -0.118. The van der Waals surface area contributed by atoms with Crippen LogP contribution in [0, 0.1) is 0 Å². The molecule has 2 aromatic heterocycles. The standard InChI is InChI=1S/C22H29N3O4S/c26-21(18-30(27)17-20-7-6-14-28-20)23-9-2-5-13-29-22-15-19(8-10-24-22)16-25-11-3-1-4-12-25/h2,5-8,10,14-15H,1,3-4,9,11-13,16-18H2,(H,23,26)/b5-2+/t30-/m1/s1. The molecule has 0 aliphatic carbocycles. The Kier molecular flexibility index (Phi) is 9.11. The van der Waals surface area contributed by atoms with E-state index in [-0.39, 0.29) is 17.4 Å². The zero-order valence-electron chi connectivity index (χ0n) is 17.1. The number of aromatic nitrogens is 1. The van der Waals surface area contributed by atoms with Gasteiger partial charge in [0.1, 0.15) is 18.1 Å². The Labute approximate surface area is 180 Å². The van der Waals surface area contributed by atoms with Gasteiger partial charge in [-0.25, -0.2) is 4.98 Å². The molecule has 1 saturated heterocycles. The molecule has 2 aromatic rings. The quantitative estimate of drug-likeness (QED) is 0.551. The lowest BCUT2D eigenvalue weighted by Crippen LogP contribution is -2.29. The highest BCUT2D eigenvalue weighted by Gasteiger charge is 2.11. The molecule has 3 rings (SSSR count). The van der Waals surface area contributed by atoms with Crippen LogP contribution in [0.1, 0.15) is 30.6 Å². The minimum absolute atomic E-state index is 0.0429. The van der Waals surface area contributed by atoms with Crippen LogP contribution in [0.3, 0.4) is 0 Å². The van der Waals surface area contributed by atoms with Crippen molar-refractivity contribution in [2.75, 3.05) is 32.0 Å². The molecule has 1 N–H and O–H groups in total. The maximum Gasteiger partial charge on any atom is 0.232 e. The summed E-state index contributed by atoms with van der Waals surface area (Å²) in [6, 6.07) is 7.50. The molecule has 1 atom stereocenters. The van der Waals surface area contributed by atoms with E-state index in [0.29, 0.717) is 24.8 Å². The van der Waals surface area contributed by atoms with Crippen molar-refractivity contribution in [3.05, 3.63) is 60.2 Å². The smallest absolute Gasteiger partial charge is 0.232 e. The second kappa shape index (κ2) is 12.3. The van der Waals surface area contributed by atoms with Crippen LogP contribution >= 0.6 is 0 Å². The lowest BCUT2D eigenvalue weighted by Gasteiger charge is -2.26. The number of hydrogen-bond donors (Lipinski definition) is 1. The van der Waals surface area contributed by atoms with Crippen LogP contribution in [0.4, 0.5) is 0 Å². The number of likely N-dealkylation sites (tertiary alicyclic amines) is 1. The molecule has 162 valence electrons. The number of pyridine rings is 1. The summed E-state index contributed by atoms with van der Waals surface area (Å²) in [4.78, 5) is 18.5. The van der Waals surface area contributed by atoms with Crippen molar-refractivity contribution in [1.29, 1.82) is 0 Å². The van der Waals surface area contributed by atoms with E-state index in [2.05, 4.69) is 15.2 Å². The lowest BCUT2D eigenvalue weighted by atomic mass is 10.1. The highest BCUT2D eigenvalue weighted by molar-refractivity contribution is 7.84. The summed E-state index contributed by atoms with van der Waals surface area (Å²) in [5.74, 6) is 1.17. The maximum absolute atomic E-state index is 11.9. The number of nitrogens with one attached hydrogen (secondary N) is 1. The van der Waals surface area contributed by atoms with Gasteiger partial charge in [-0.15, -0.1) is 0 Å². The molecule has 0 radical (unpaired) electrons. The van der Waals surface area contributed by atoms with Crippen LogP contribution in [-0.4, -0.2) is 52.0 Å². The Balaban J connectivity index is 1.30. The van der Waals surface area contributed by atoms with Crippen molar-refractivity contribution in [3.63, 3.8) is 0 Å². The van der Waals surface area contributed by atoms with Crippen LogP contribution in [-0.2, 0) is 27.9 Å². The average Bonchev–Trinajstić information content (AvgIpc) is 3.24. The highest BCUT2D eigenvalue weighted by atomic mass is 32.2. The van der Waals surface area contributed by atoms with Gasteiger partial charge in [-0.05, 0) is 55.8 Å². The van der Waals surface area contributed by atoms with Gasteiger partial charge in [-0.2, -0.15) is 0 Å². The summed E-state index contributed by atoms with van der Waals surface area (Å²) in [5.41, 5.74) is 1.21. The molecule has 1 aliphatic rings. The van der Waals surface area contributed by atoms with Gasteiger partial charge in [0.25, 0.3) is 0 Å². The first-order valence-electron chi connectivity index (χ1n) is 10.3. The topological polar surface area (TPSA) is 84.7 Å². The van der Waals surface area contributed by atoms with E-state index in [1.54, 1.807) is 18.3 Å². The number of carbonyl (C=O) groups is 1. The van der Waals surface area contributed by atoms with Crippen LogP contribution in [0.2, 0.25) is 0 Å². The number of nitrogens with zero attached hydrogens (tertiary/aromatic N) is 2. The molecule has 3 heterocycles. The molecule has 30 heavy (non-hydrogen) atoms. The number of carbonyl (C=O) groups excluding carboxylic acids is 1. The first kappa shape index (κ1) is 22.2. The van der Waals surface area contributed by atoms with Gasteiger partial charge in [0.05, 0.1) is 12.0 Å². The molecule has 0 unspecified atom stereocenters. The van der Waals surface area contributed by atoms with E-state index in [9.17, 15) is 9.00 Å². The van der Waals surface area contributed by atoms with E-state index >= 15 is 0 Å². The molecule has 1 aliphatic heterocycles. The van der Waals surface area contributed by atoms with Gasteiger partial charge in [0.2, 0.25) is 11.8 Å². The zero-order chi connectivity index (χ0) is 21.0. The molecular weight excluding hydrogens is 402 g/mol. The Hall–Kier alpha value is -2.45. The monoisotopic (exact) mass is 431 g/mol. The normalized spacial score (nSPS) is 15.9. The van der Waals surface area contributed by atoms with Crippen LogP contribution in [0.25, 0.3) is 0 Å². The first-order chi connectivity index (χ1) is 14.7. The molecule has 0 aromatic carbocycles. The fraction of sp³-hybridized carbons (Fsp3) is 0.455. The molecule has 1 fully saturated rings. The Morgan fingerprint density at radius 3 is 2.93 bits per heavy atom. The predicted octanol–water partition coefficient (Wildman–Crippen LogP) is 2.66. The third-order valence-corrected chi connectivity index (χ3v) is 5.93. The summed E-state index contributed by atoms with van der Waals surface area (Å²) < 4.78 is 22.7. The van der Waals surface area contributed by atoms with E-state index in [0.717, 1.165) is 19.6 Å². The minimum atomic E-state index is -1.28. The van der Waals surface area contributed by atoms with Crippen molar-refractivity contribution in [2.45, 2.75) is 31.6 Å². The zero-order valence-corrected chi connectivity index (χ0v) is 17.9. The van der Waals surface area contributed by atoms with E-state index in [1.165, 1.54) is 31.1 Å². The molecule has 8 heteroatoms. The van der Waals surface area contributed by atoms with Crippen molar-refractivity contribution in [1.82, 2.24) is 15.2 Å². The molecule has 7 nitrogen and oxygen atoms in total. The Bertz CT molecular complexity index is 833. The van der Waals surface area contributed by atoms with Gasteiger partial charge in [-0.1, -0.05) is 12.5 Å². The van der Waals surface area contributed by atoms with Crippen LogP contribution < -0.4 is 10.1 Å². The second-order valence-corrected chi connectivity index (χ2v) is 8.69. The summed E-state index contributed by atoms with van der Waals surface area (Å²) in [6.45, 7) is 3.98. The van der Waals surface area contributed by atoms with Crippen LogP contribution in [0.15, 0.2) is 53.3 Å². The van der Waals surface area contributed by atoms with E-state index < -0.39 is 10.8 Å². The van der Waals surface area contributed by atoms with Crippen LogP contribution in [0.5, 0.6) is 5.88 Å². The minimum Gasteiger partial charge on any atom is -0.473 e. The summed E-state index contributed by atoms with van der Waals surface area (Å²) in [6.07, 6.45) is 10.8. The first-order valence-corrected chi connectivity index (χ1v) is 11.8. The third-order valence-electron chi connectivity index (χ3n) is 4.74. The van der Waals surface area contributed by atoms with Crippen molar-refractivity contribution < 1.29 is 18.2 Å². The number of piperidine rings is 1. The van der Waals surface area contributed by atoms with E-state index in [1.807, 2.05) is 24.3 Å². The highest BCUT2D eigenvalue weighted by Crippen LogP contribution is 2.15. The fourth-order valence-corrected chi connectivity index (χ4v) is 4.24. The molecule has 1 amide bonds. The van der Waals surface area contributed by atoms with Crippen molar-refractivity contribution in [3.8, 4) is 5.88 Å². The molecular formula is C22H29N3O4S. The average molecular weight is 432 g/mol.